The number of carbonyl (C=O) groups is 4. The van der Waals surface area contributed by atoms with Crippen LogP contribution in [0.2, 0.25) is 0 Å². The van der Waals surface area contributed by atoms with Crippen LogP contribution in [0.25, 0.3) is 0 Å². The fourth-order valence-electron chi connectivity index (χ4n) is 2.48. The molecular formula is C18H34N4O6S2. The van der Waals surface area contributed by atoms with Crippen molar-refractivity contribution in [3.63, 3.8) is 0 Å². The van der Waals surface area contributed by atoms with Gasteiger partial charge in [0.25, 0.3) is 0 Å². The molecule has 0 saturated heterocycles. The number of hydrogen-bond acceptors (Lipinski definition) is 8. The number of amides is 3. The third-order valence-electron chi connectivity index (χ3n) is 4.16. The number of carbonyl (C=O) groups excluding carboxylic acids is 3. The van der Waals surface area contributed by atoms with Crippen LogP contribution in [0, 0.1) is 5.92 Å². The lowest BCUT2D eigenvalue weighted by Crippen LogP contribution is -2.60. The van der Waals surface area contributed by atoms with Crippen molar-refractivity contribution in [1.82, 2.24) is 16.0 Å². The van der Waals surface area contributed by atoms with E-state index in [0.717, 1.165) is 0 Å². The van der Waals surface area contributed by atoms with Crippen molar-refractivity contribution in [1.29, 1.82) is 0 Å². The van der Waals surface area contributed by atoms with Crippen LogP contribution < -0.4 is 21.7 Å². The van der Waals surface area contributed by atoms with Gasteiger partial charge < -0.3 is 31.9 Å². The minimum Gasteiger partial charge on any atom is -0.480 e. The van der Waals surface area contributed by atoms with E-state index in [1.807, 2.05) is 20.1 Å². The van der Waals surface area contributed by atoms with Gasteiger partial charge in [-0.05, 0) is 37.7 Å². The van der Waals surface area contributed by atoms with Gasteiger partial charge in [-0.2, -0.15) is 24.4 Å². The van der Waals surface area contributed by atoms with Crippen LogP contribution in [0.1, 0.15) is 33.6 Å². The lowest BCUT2D eigenvalue weighted by atomic mass is 10.0. The second-order valence-electron chi connectivity index (χ2n) is 7.39. The highest BCUT2D eigenvalue weighted by atomic mass is 32.2. The quantitative estimate of drug-likeness (QED) is 0.159. The van der Waals surface area contributed by atoms with Gasteiger partial charge in [-0.15, -0.1) is 0 Å². The predicted octanol–water partition coefficient (Wildman–Crippen LogP) is -1.04. The lowest BCUT2D eigenvalue weighted by molar-refractivity contribution is -0.143. The Kier molecular flexibility index (Phi) is 13.8. The monoisotopic (exact) mass is 466 g/mol. The molecule has 12 heteroatoms. The summed E-state index contributed by atoms with van der Waals surface area (Å²) >= 11 is 5.42. The molecule has 174 valence electrons. The van der Waals surface area contributed by atoms with Gasteiger partial charge in [-0.3, -0.25) is 14.4 Å². The summed E-state index contributed by atoms with van der Waals surface area (Å²) in [6.07, 6.45) is 1.01. The maximum Gasteiger partial charge on any atom is 0.326 e. The Morgan fingerprint density at radius 2 is 1.57 bits per heavy atom. The number of aliphatic carboxylic acids is 1. The molecule has 10 nitrogen and oxygen atoms in total. The van der Waals surface area contributed by atoms with E-state index in [4.69, 9.17) is 5.73 Å². The Hall–Kier alpha value is -1.50. The molecule has 5 atom stereocenters. The molecule has 0 bridgehead atoms. The molecule has 0 heterocycles. The first-order valence-corrected chi connectivity index (χ1v) is 11.6. The van der Waals surface area contributed by atoms with Crippen LogP contribution >= 0.6 is 24.4 Å². The number of aliphatic hydroxyl groups is 1. The number of thiol groups is 1. The van der Waals surface area contributed by atoms with E-state index in [1.54, 1.807) is 0 Å². The van der Waals surface area contributed by atoms with E-state index in [-0.39, 0.29) is 24.5 Å². The third-order valence-corrected chi connectivity index (χ3v) is 5.20. The average molecular weight is 467 g/mol. The Bertz CT molecular complexity index is 591. The van der Waals surface area contributed by atoms with Crippen molar-refractivity contribution >= 4 is 48.1 Å². The van der Waals surface area contributed by atoms with Gasteiger partial charge in [-0.25, -0.2) is 4.79 Å². The maximum absolute atomic E-state index is 12.7. The number of nitrogens with one attached hydrogen (secondary N) is 3. The normalized spacial score (nSPS) is 16.1. The number of aliphatic hydroxyl groups excluding tert-OH is 1. The van der Waals surface area contributed by atoms with E-state index in [0.29, 0.717) is 5.75 Å². The molecule has 0 fully saturated rings. The highest BCUT2D eigenvalue weighted by Gasteiger charge is 2.32. The van der Waals surface area contributed by atoms with Gasteiger partial charge >= 0.3 is 5.97 Å². The highest BCUT2D eigenvalue weighted by molar-refractivity contribution is 7.98. The van der Waals surface area contributed by atoms with Gasteiger partial charge in [0.1, 0.15) is 18.1 Å². The molecule has 7 N–H and O–H groups in total. The fraction of sp³-hybridized carbons (Fsp3) is 0.778. The van der Waals surface area contributed by atoms with Gasteiger partial charge in [0.15, 0.2) is 0 Å². The van der Waals surface area contributed by atoms with Crippen LogP contribution in [-0.4, -0.2) is 81.9 Å². The molecule has 3 amide bonds. The molecule has 0 aliphatic rings. The van der Waals surface area contributed by atoms with Crippen LogP contribution in [-0.2, 0) is 19.2 Å². The molecule has 30 heavy (non-hydrogen) atoms. The molecular weight excluding hydrogens is 432 g/mol. The number of hydrogen-bond donors (Lipinski definition) is 7. The predicted molar refractivity (Wildman–Crippen MR) is 119 cm³/mol. The number of carboxylic acid groups (broad SMARTS) is 1. The van der Waals surface area contributed by atoms with Crippen molar-refractivity contribution < 1.29 is 29.4 Å². The van der Waals surface area contributed by atoms with Crippen LogP contribution in [0.3, 0.4) is 0 Å². The van der Waals surface area contributed by atoms with E-state index in [1.165, 1.54) is 18.7 Å². The van der Waals surface area contributed by atoms with Crippen molar-refractivity contribution in [3.8, 4) is 0 Å². The minimum absolute atomic E-state index is 0.00756. The molecule has 0 aromatic rings. The average Bonchev–Trinajstić information content (AvgIpc) is 2.66. The lowest BCUT2D eigenvalue weighted by Gasteiger charge is -2.26. The smallest absolute Gasteiger partial charge is 0.326 e. The molecule has 0 aromatic carbocycles. The summed E-state index contributed by atoms with van der Waals surface area (Å²) in [5.41, 5.74) is 5.63. The van der Waals surface area contributed by atoms with Gasteiger partial charge in [0.05, 0.1) is 12.1 Å². The number of carboxylic acids is 1. The van der Waals surface area contributed by atoms with E-state index >= 15 is 0 Å². The first-order chi connectivity index (χ1) is 13.9. The van der Waals surface area contributed by atoms with Crippen LogP contribution in [0.15, 0.2) is 0 Å². The highest BCUT2D eigenvalue weighted by Crippen LogP contribution is 2.07. The van der Waals surface area contributed by atoms with E-state index < -0.39 is 54.0 Å². The Morgan fingerprint density at radius 1 is 1.00 bits per heavy atom. The molecule has 0 aliphatic carbocycles. The summed E-state index contributed by atoms with van der Waals surface area (Å²) in [5, 5.41) is 26.6. The van der Waals surface area contributed by atoms with Crippen molar-refractivity contribution in [3.05, 3.63) is 0 Å². The van der Waals surface area contributed by atoms with E-state index in [2.05, 4.69) is 28.6 Å². The van der Waals surface area contributed by atoms with Crippen molar-refractivity contribution in [2.75, 3.05) is 17.8 Å². The maximum atomic E-state index is 12.7. The van der Waals surface area contributed by atoms with Crippen LogP contribution in [0.5, 0.6) is 0 Å². The van der Waals surface area contributed by atoms with Gasteiger partial charge in [-0.1, -0.05) is 13.8 Å². The third kappa shape index (κ3) is 10.5. The molecule has 5 unspecified atom stereocenters. The number of thioether (sulfide) groups is 1. The SMILES string of the molecule is CSCCC(NC(=O)C(N)CS)C(=O)NC(C(=O)NC(CC(C)C)C(=O)O)C(C)O. The van der Waals surface area contributed by atoms with E-state index in [9.17, 15) is 29.4 Å². The van der Waals surface area contributed by atoms with Gasteiger partial charge in [0, 0.05) is 5.75 Å². The molecule has 0 aromatic heterocycles. The first-order valence-electron chi connectivity index (χ1n) is 9.61. The summed E-state index contributed by atoms with van der Waals surface area (Å²) in [6, 6.07) is -4.42. The van der Waals surface area contributed by atoms with Crippen LogP contribution in [0.4, 0.5) is 0 Å². The summed E-state index contributed by atoms with van der Waals surface area (Å²) in [5.74, 6) is -2.63. The molecule has 0 radical (unpaired) electrons. The topological polar surface area (TPSA) is 171 Å². The van der Waals surface area contributed by atoms with Crippen molar-refractivity contribution in [2.24, 2.45) is 11.7 Å². The molecule has 0 aliphatic heterocycles. The minimum atomic E-state index is -1.39. The number of nitrogens with two attached hydrogens (primary N) is 1. The molecule has 0 saturated carbocycles. The zero-order valence-corrected chi connectivity index (χ0v) is 19.5. The summed E-state index contributed by atoms with van der Waals surface area (Å²) in [7, 11) is 0. The number of rotatable bonds is 14. The molecule has 0 spiro atoms. The largest absolute Gasteiger partial charge is 0.480 e. The summed E-state index contributed by atoms with van der Waals surface area (Å²) in [4.78, 5) is 48.7. The summed E-state index contributed by atoms with van der Waals surface area (Å²) < 4.78 is 0. The first kappa shape index (κ1) is 28.5. The zero-order valence-electron chi connectivity index (χ0n) is 17.8. The fourth-order valence-corrected chi connectivity index (χ4v) is 3.12. The zero-order chi connectivity index (χ0) is 23.4. The standard InChI is InChI=1S/C18H34N4O6S2/c1-9(2)7-13(18(27)28)21-17(26)14(10(3)23)22-16(25)12(5-6-30-4)20-15(24)11(19)8-29/h9-14,23,29H,5-8,19H2,1-4H3,(H,20,24)(H,21,26)(H,22,25)(H,27,28). The Labute approximate surface area is 186 Å². The molecule has 0 rings (SSSR count). The summed E-state index contributed by atoms with van der Waals surface area (Å²) in [6.45, 7) is 4.92. The Balaban J connectivity index is 5.32. The second kappa shape index (κ2) is 14.5. The second-order valence-corrected chi connectivity index (χ2v) is 8.74. The van der Waals surface area contributed by atoms with Gasteiger partial charge in [0.2, 0.25) is 17.7 Å². The Morgan fingerprint density at radius 3 is 2.00 bits per heavy atom. The van der Waals surface area contributed by atoms with Crippen molar-refractivity contribution in [2.45, 2.75) is 63.9 Å².